The maximum Gasteiger partial charge on any atom is 0.0210 e. The van der Waals surface area contributed by atoms with Crippen LogP contribution in [0.3, 0.4) is 0 Å². The third kappa shape index (κ3) is 4.64. The summed E-state index contributed by atoms with van der Waals surface area (Å²) in [7, 11) is 0. The van der Waals surface area contributed by atoms with E-state index in [1.54, 1.807) is 0 Å². The van der Waals surface area contributed by atoms with E-state index in [0.29, 0.717) is 5.92 Å². The fraction of sp³-hybridized carbons (Fsp3) is 0.467. The Morgan fingerprint density at radius 2 is 2.12 bits per heavy atom. The Hall–Kier alpha value is -0.600. The van der Waals surface area contributed by atoms with E-state index in [9.17, 15) is 0 Å². The zero-order valence-corrected chi connectivity index (χ0v) is 12.8. The van der Waals surface area contributed by atoms with Crippen LogP contribution in [0.1, 0.15) is 31.9 Å². The number of rotatable bonds is 5. The van der Waals surface area contributed by atoms with Crippen molar-refractivity contribution in [3.05, 3.63) is 39.4 Å². The number of hydrogen-bond donors (Lipinski definition) is 1. The predicted molar refractivity (Wildman–Crippen MR) is 80.2 cm³/mol. The number of benzene rings is 1. The van der Waals surface area contributed by atoms with Gasteiger partial charge in [-0.1, -0.05) is 60.5 Å². The third-order valence-electron chi connectivity index (χ3n) is 2.87. The summed E-state index contributed by atoms with van der Waals surface area (Å²) < 4.78 is 1.18. The Bertz CT molecular complexity index is 394. The van der Waals surface area contributed by atoms with E-state index in [1.807, 2.05) is 0 Å². The van der Waals surface area contributed by atoms with Gasteiger partial charge in [-0.3, -0.25) is 0 Å². The van der Waals surface area contributed by atoms with Crippen LogP contribution in [0.5, 0.6) is 0 Å². The molecule has 0 atom stereocenters. The monoisotopic (exact) mass is 295 g/mol. The van der Waals surface area contributed by atoms with Crippen molar-refractivity contribution in [3.8, 4) is 0 Å². The summed E-state index contributed by atoms with van der Waals surface area (Å²) in [5, 5.41) is 3.40. The van der Waals surface area contributed by atoms with Crippen molar-refractivity contribution in [2.24, 2.45) is 5.92 Å². The van der Waals surface area contributed by atoms with Crippen molar-refractivity contribution in [2.45, 2.75) is 27.7 Å². The highest BCUT2D eigenvalue weighted by Gasteiger charge is 2.03. The molecule has 1 nitrogen and oxygen atoms in total. The quantitative estimate of drug-likeness (QED) is 0.849. The van der Waals surface area contributed by atoms with Crippen molar-refractivity contribution in [1.82, 2.24) is 5.32 Å². The highest BCUT2D eigenvalue weighted by atomic mass is 79.9. The van der Waals surface area contributed by atoms with Gasteiger partial charge in [-0.15, -0.1) is 0 Å². The van der Waals surface area contributed by atoms with Gasteiger partial charge in [0.05, 0.1) is 0 Å². The van der Waals surface area contributed by atoms with Crippen LogP contribution in [0.25, 0.3) is 6.08 Å². The van der Waals surface area contributed by atoms with Gasteiger partial charge >= 0.3 is 0 Å². The number of aryl methyl sites for hydroxylation is 1. The topological polar surface area (TPSA) is 12.0 Å². The molecule has 1 aromatic rings. The molecule has 1 N–H and O–H groups in total. The Morgan fingerprint density at radius 3 is 2.65 bits per heavy atom. The summed E-state index contributed by atoms with van der Waals surface area (Å²) in [5.74, 6) is 0.578. The van der Waals surface area contributed by atoms with E-state index in [4.69, 9.17) is 0 Å². The van der Waals surface area contributed by atoms with Gasteiger partial charge in [0.25, 0.3) is 0 Å². The fourth-order valence-electron chi connectivity index (χ4n) is 1.60. The maximum absolute atomic E-state index is 3.58. The summed E-state index contributed by atoms with van der Waals surface area (Å²) in [4.78, 5) is 0. The van der Waals surface area contributed by atoms with E-state index in [-0.39, 0.29) is 0 Å². The molecular formula is C15H22BrN. The Morgan fingerprint density at radius 1 is 1.41 bits per heavy atom. The molecule has 0 heterocycles. The molecule has 0 aliphatic heterocycles. The SMILES string of the molecule is CCNC/C(=C/c1ccc(C)c(Br)c1)C(C)C. The van der Waals surface area contributed by atoms with Crippen LogP contribution < -0.4 is 5.32 Å². The summed E-state index contributed by atoms with van der Waals surface area (Å²) in [6.07, 6.45) is 2.29. The van der Waals surface area contributed by atoms with Crippen LogP contribution in [0.15, 0.2) is 28.2 Å². The summed E-state index contributed by atoms with van der Waals surface area (Å²) in [6.45, 7) is 10.7. The lowest BCUT2D eigenvalue weighted by molar-refractivity contribution is 0.682. The molecule has 0 spiro atoms. The first-order valence-corrected chi connectivity index (χ1v) is 7.01. The van der Waals surface area contributed by atoms with Gasteiger partial charge in [0.1, 0.15) is 0 Å². The van der Waals surface area contributed by atoms with Crippen molar-refractivity contribution in [2.75, 3.05) is 13.1 Å². The van der Waals surface area contributed by atoms with Gasteiger partial charge in [0, 0.05) is 11.0 Å². The van der Waals surface area contributed by atoms with E-state index in [2.05, 4.69) is 73.2 Å². The van der Waals surface area contributed by atoms with Crippen molar-refractivity contribution in [1.29, 1.82) is 0 Å². The van der Waals surface area contributed by atoms with Gasteiger partial charge in [-0.05, 0) is 36.6 Å². The molecular weight excluding hydrogens is 274 g/mol. The summed E-state index contributed by atoms with van der Waals surface area (Å²) >= 11 is 3.58. The molecule has 94 valence electrons. The Kier molecular flexibility index (Phi) is 5.93. The first kappa shape index (κ1) is 14.5. The van der Waals surface area contributed by atoms with Gasteiger partial charge < -0.3 is 5.32 Å². The van der Waals surface area contributed by atoms with E-state index >= 15 is 0 Å². The Balaban J connectivity index is 2.91. The van der Waals surface area contributed by atoms with E-state index in [1.165, 1.54) is 21.2 Å². The van der Waals surface area contributed by atoms with E-state index < -0.39 is 0 Å². The molecule has 0 aromatic heterocycles. The zero-order valence-electron chi connectivity index (χ0n) is 11.2. The molecule has 0 radical (unpaired) electrons. The molecule has 0 saturated carbocycles. The normalized spacial score (nSPS) is 12.2. The lowest BCUT2D eigenvalue weighted by Crippen LogP contribution is -2.18. The van der Waals surface area contributed by atoms with Crippen LogP contribution in [-0.4, -0.2) is 13.1 Å². The number of halogens is 1. The smallest absolute Gasteiger partial charge is 0.0210 e. The molecule has 1 rings (SSSR count). The molecule has 0 bridgehead atoms. The van der Waals surface area contributed by atoms with Crippen molar-refractivity contribution in [3.63, 3.8) is 0 Å². The number of hydrogen-bond acceptors (Lipinski definition) is 1. The average molecular weight is 296 g/mol. The lowest BCUT2D eigenvalue weighted by Gasteiger charge is -2.12. The highest BCUT2D eigenvalue weighted by Crippen LogP contribution is 2.20. The van der Waals surface area contributed by atoms with Crippen molar-refractivity contribution < 1.29 is 0 Å². The molecule has 0 amide bonds. The molecule has 0 saturated heterocycles. The molecule has 17 heavy (non-hydrogen) atoms. The standard InChI is InChI=1S/C15H22BrN/c1-5-17-10-14(11(2)3)8-13-7-6-12(4)15(16)9-13/h6-9,11,17H,5,10H2,1-4H3/b14-8-. The second-order valence-corrected chi connectivity index (χ2v) is 5.52. The third-order valence-corrected chi connectivity index (χ3v) is 3.72. The molecule has 0 aliphatic carbocycles. The number of likely N-dealkylation sites (N-methyl/N-ethyl adjacent to an activating group) is 1. The number of nitrogens with one attached hydrogen (secondary N) is 1. The fourth-order valence-corrected chi connectivity index (χ4v) is 2.00. The summed E-state index contributed by atoms with van der Waals surface area (Å²) in [5.41, 5.74) is 3.99. The molecule has 2 heteroatoms. The minimum atomic E-state index is 0.578. The molecule has 0 fully saturated rings. The van der Waals surface area contributed by atoms with Crippen molar-refractivity contribution >= 4 is 22.0 Å². The van der Waals surface area contributed by atoms with Gasteiger partial charge in [-0.25, -0.2) is 0 Å². The second-order valence-electron chi connectivity index (χ2n) is 4.66. The lowest BCUT2D eigenvalue weighted by atomic mass is 10.00. The van der Waals surface area contributed by atoms with Gasteiger partial charge in [0.2, 0.25) is 0 Å². The zero-order chi connectivity index (χ0) is 12.8. The van der Waals surface area contributed by atoms with Gasteiger partial charge in [-0.2, -0.15) is 0 Å². The van der Waals surface area contributed by atoms with E-state index in [0.717, 1.165) is 13.1 Å². The molecule has 0 unspecified atom stereocenters. The average Bonchev–Trinajstić information content (AvgIpc) is 2.28. The van der Waals surface area contributed by atoms with Crippen LogP contribution in [-0.2, 0) is 0 Å². The second kappa shape index (κ2) is 6.97. The summed E-state index contributed by atoms with van der Waals surface area (Å²) in [6, 6.07) is 6.51. The van der Waals surface area contributed by atoms with Crippen LogP contribution in [0.4, 0.5) is 0 Å². The van der Waals surface area contributed by atoms with Crippen LogP contribution in [0.2, 0.25) is 0 Å². The largest absolute Gasteiger partial charge is 0.313 e. The predicted octanol–water partition coefficient (Wildman–Crippen LogP) is 4.41. The molecule has 1 aromatic carbocycles. The van der Waals surface area contributed by atoms with Crippen LogP contribution >= 0.6 is 15.9 Å². The van der Waals surface area contributed by atoms with Gasteiger partial charge in [0.15, 0.2) is 0 Å². The first-order chi connectivity index (χ1) is 8.04. The Labute approximate surface area is 113 Å². The minimum Gasteiger partial charge on any atom is -0.313 e. The minimum absolute atomic E-state index is 0.578. The highest BCUT2D eigenvalue weighted by molar-refractivity contribution is 9.10. The first-order valence-electron chi connectivity index (χ1n) is 6.22. The molecule has 0 aliphatic rings. The van der Waals surface area contributed by atoms with Crippen LogP contribution in [0, 0.1) is 12.8 Å². The maximum atomic E-state index is 3.58.